The Kier molecular flexibility index (Phi) is 5.80. The van der Waals surface area contributed by atoms with Crippen LogP contribution in [0.15, 0.2) is 47.4 Å². The number of benzene rings is 2. The molecule has 0 saturated carbocycles. The second kappa shape index (κ2) is 7.61. The highest BCUT2D eigenvalue weighted by molar-refractivity contribution is 8.00. The molecule has 1 N–H and O–H groups in total. The third-order valence-corrected chi connectivity index (χ3v) is 4.30. The van der Waals surface area contributed by atoms with Crippen LogP contribution < -0.4 is 5.32 Å². The van der Waals surface area contributed by atoms with Gasteiger partial charge in [-0.15, -0.1) is 11.8 Å². The van der Waals surface area contributed by atoms with E-state index in [0.29, 0.717) is 5.02 Å². The number of rotatable bonds is 5. The summed E-state index contributed by atoms with van der Waals surface area (Å²) in [5.41, 5.74) is 0.927. The number of amides is 1. The highest BCUT2D eigenvalue weighted by Gasteiger charge is 2.11. The number of thioether (sulfide) groups is 1. The van der Waals surface area contributed by atoms with Crippen molar-refractivity contribution in [3.05, 3.63) is 64.7 Å². The van der Waals surface area contributed by atoms with Crippen molar-refractivity contribution in [2.75, 3.05) is 5.75 Å². The summed E-state index contributed by atoms with van der Waals surface area (Å²) in [6.07, 6.45) is 0. The van der Waals surface area contributed by atoms with Crippen LogP contribution in [0, 0.1) is 11.6 Å². The Morgan fingerprint density at radius 2 is 1.91 bits per heavy atom. The van der Waals surface area contributed by atoms with E-state index in [4.69, 9.17) is 11.6 Å². The van der Waals surface area contributed by atoms with Gasteiger partial charge < -0.3 is 5.32 Å². The van der Waals surface area contributed by atoms with Gasteiger partial charge >= 0.3 is 0 Å². The van der Waals surface area contributed by atoms with Crippen LogP contribution in [-0.2, 0) is 4.79 Å². The first-order valence-corrected chi connectivity index (χ1v) is 7.95. The van der Waals surface area contributed by atoms with E-state index in [1.165, 1.54) is 12.1 Å². The van der Waals surface area contributed by atoms with Crippen LogP contribution in [0.3, 0.4) is 0 Å². The van der Waals surface area contributed by atoms with Gasteiger partial charge in [-0.1, -0.05) is 23.7 Å². The van der Waals surface area contributed by atoms with Crippen molar-refractivity contribution in [3.63, 3.8) is 0 Å². The highest BCUT2D eigenvalue weighted by Crippen LogP contribution is 2.22. The Balaban J connectivity index is 1.88. The summed E-state index contributed by atoms with van der Waals surface area (Å²) in [7, 11) is 0. The summed E-state index contributed by atoms with van der Waals surface area (Å²) in [5, 5.41) is 3.45. The molecule has 0 spiro atoms. The van der Waals surface area contributed by atoms with Crippen molar-refractivity contribution < 1.29 is 13.6 Å². The molecular weight excluding hydrogens is 328 g/mol. The topological polar surface area (TPSA) is 29.1 Å². The molecule has 1 atom stereocenters. The summed E-state index contributed by atoms with van der Waals surface area (Å²) < 4.78 is 26.3. The molecule has 2 nitrogen and oxygen atoms in total. The van der Waals surface area contributed by atoms with Crippen LogP contribution in [0.5, 0.6) is 0 Å². The van der Waals surface area contributed by atoms with Crippen LogP contribution in [0.1, 0.15) is 18.5 Å². The summed E-state index contributed by atoms with van der Waals surface area (Å²) >= 11 is 6.84. The fourth-order valence-corrected chi connectivity index (χ4v) is 2.71. The zero-order valence-corrected chi connectivity index (χ0v) is 13.3. The maximum atomic E-state index is 13.5. The van der Waals surface area contributed by atoms with Crippen molar-refractivity contribution in [3.8, 4) is 0 Å². The van der Waals surface area contributed by atoms with Gasteiger partial charge in [0.25, 0.3) is 0 Å². The van der Waals surface area contributed by atoms with Gasteiger partial charge in [-0.05, 0) is 36.8 Å². The number of hydrogen-bond donors (Lipinski definition) is 1. The molecule has 2 aromatic carbocycles. The fraction of sp³-hybridized carbons (Fsp3) is 0.188. The molecule has 22 heavy (non-hydrogen) atoms. The molecular formula is C16H14ClF2NOS. The predicted molar refractivity (Wildman–Crippen MR) is 85.1 cm³/mol. The van der Waals surface area contributed by atoms with E-state index in [9.17, 15) is 13.6 Å². The molecule has 0 bridgehead atoms. The number of halogens is 3. The molecule has 0 aliphatic heterocycles. The van der Waals surface area contributed by atoms with Gasteiger partial charge in [-0.25, -0.2) is 8.78 Å². The van der Waals surface area contributed by atoms with Gasteiger partial charge in [0.15, 0.2) is 0 Å². The van der Waals surface area contributed by atoms with E-state index in [1.54, 1.807) is 12.1 Å². The minimum atomic E-state index is -0.663. The summed E-state index contributed by atoms with van der Waals surface area (Å²) in [4.78, 5) is 12.1. The zero-order valence-electron chi connectivity index (χ0n) is 11.8. The normalized spacial score (nSPS) is 12.0. The van der Waals surface area contributed by atoms with E-state index < -0.39 is 11.6 Å². The molecule has 2 rings (SSSR count). The molecule has 0 radical (unpaired) electrons. The lowest BCUT2D eigenvalue weighted by atomic mass is 10.1. The standard InChI is InChI=1S/C16H14ClF2NOS/c1-10(11-2-4-12(17)5-3-11)20-16(21)9-22-15-7-6-13(18)8-14(15)19/h2-8,10H,9H2,1H3,(H,20,21)/t10-/m0/s1. The summed E-state index contributed by atoms with van der Waals surface area (Å²) in [6, 6.07) is 10.3. The van der Waals surface area contributed by atoms with Gasteiger partial charge in [0, 0.05) is 16.0 Å². The Labute approximate surface area is 136 Å². The van der Waals surface area contributed by atoms with Crippen molar-refractivity contribution in [1.82, 2.24) is 5.32 Å². The van der Waals surface area contributed by atoms with Crippen LogP contribution >= 0.6 is 23.4 Å². The Hall–Kier alpha value is -1.59. The van der Waals surface area contributed by atoms with Crippen molar-refractivity contribution >= 4 is 29.3 Å². The second-order valence-corrected chi connectivity index (χ2v) is 6.16. The average molecular weight is 342 g/mol. The maximum absolute atomic E-state index is 13.5. The SMILES string of the molecule is C[C@H](NC(=O)CSc1ccc(F)cc1F)c1ccc(Cl)cc1. The molecule has 1 amide bonds. The lowest BCUT2D eigenvalue weighted by Gasteiger charge is -2.14. The van der Waals surface area contributed by atoms with Crippen molar-refractivity contribution in [1.29, 1.82) is 0 Å². The quantitative estimate of drug-likeness (QED) is 0.806. The van der Waals surface area contributed by atoms with E-state index in [2.05, 4.69) is 5.32 Å². The van der Waals surface area contributed by atoms with Gasteiger partial charge in [-0.3, -0.25) is 4.79 Å². The number of carbonyl (C=O) groups excluding carboxylic acids is 1. The van der Waals surface area contributed by atoms with E-state index in [1.807, 2.05) is 19.1 Å². The number of carbonyl (C=O) groups is 1. The minimum absolute atomic E-state index is 0.0560. The Bertz CT molecular complexity index is 664. The van der Waals surface area contributed by atoms with E-state index >= 15 is 0 Å². The van der Waals surface area contributed by atoms with Gasteiger partial charge in [-0.2, -0.15) is 0 Å². The van der Waals surface area contributed by atoms with Crippen molar-refractivity contribution in [2.45, 2.75) is 17.9 Å². The molecule has 0 aromatic heterocycles. The predicted octanol–water partition coefficient (Wildman–Crippen LogP) is 4.59. The molecule has 116 valence electrons. The number of hydrogen-bond acceptors (Lipinski definition) is 2. The lowest BCUT2D eigenvalue weighted by molar-refractivity contribution is -0.119. The van der Waals surface area contributed by atoms with Gasteiger partial charge in [0.2, 0.25) is 5.91 Å². The van der Waals surface area contributed by atoms with E-state index in [0.717, 1.165) is 23.4 Å². The van der Waals surface area contributed by atoms with Gasteiger partial charge in [0.1, 0.15) is 11.6 Å². The molecule has 6 heteroatoms. The van der Waals surface area contributed by atoms with E-state index in [-0.39, 0.29) is 22.6 Å². The molecule has 0 unspecified atom stereocenters. The Morgan fingerprint density at radius 1 is 1.23 bits per heavy atom. The first kappa shape index (κ1) is 16.8. The fourth-order valence-electron chi connectivity index (χ4n) is 1.85. The zero-order chi connectivity index (χ0) is 16.1. The third kappa shape index (κ3) is 4.71. The maximum Gasteiger partial charge on any atom is 0.230 e. The first-order chi connectivity index (χ1) is 10.5. The van der Waals surface area contributed by atoms with Crippen LogP contribution in [0.2, 0.25) is 5.02 Å². The molecule has 0 heterocycles. The Morgan fingerprint density at radius 3 is 2.55 bits per heavy atom. The summed E-state index contributed by atoms with van der Waals surface area (Å²) in [5.74, 6) is -1.47. The second-order valence-electron chi connectivity index (χ2n) is 4.70. The monoisotopic (exact) mass is 341 g/mol. The molecule has 0 fully saturated rings. The largest absolute Gasteiger partial charge is 0.349 e. The smallest absolute Gasteiger partial charge is 0.230 e. The molecule has 2 aromatic rings. The highest BCUT2D eigenvalue weighted by atomic mass is 35.5. The van der Waals surface area contributed by atoms with Crippen LogP contribution in [0.4, 0.5) is 8.78 Å². The van der Waals surface area contributed by atoms with Gasteiger partial charge in [0.05, 0.1) is 11.8 Å². The minimum Gasteiger partial charge on any atom is -0.349 e. The lowest BCUT2D eigenvalue weighted by Crippen LogP contribution is -2.28. The summed E-state index contributed by atoms with van der Waals surface area (Å²) in [6.45, 7) is 1.85. The van der Waals surface area contributed by atoms with Crippen molar-refractivity contribution in [2.24, 2.45) is 0 Å². The molecule has 0 aliphatic carbocycles. The third-order valence-electron chi connectivity index (χ3n) is 3.00. The van der Waals surface area contributed by atoms with Crippen LogP contribution in [-0.4, -0.2) is 11.7 Å². The number of nitrogens with one attached hydrogen (secondary N) is 1. The molecule has 0 aliphatic rings. The molecule has 0 saturated heterocycles. The van der Waals surface area contributed by atoms with Crippen LogP contribution in [0.25, 0.3) is 0 Å². The average Bonchev–Trinajstić information content (AvgIpc) is 2.47. The first-order valence-electron chi connectivity index (χ1n) is 6.58.